The molecule has 0 rings (SSSR count). The second-order valence-electron chi connectivity index (χ2n) is 4.23. The zero-order chi connectivity index (χ0) is 14.3. The Bertz CT molecular complexity index is 317. The average molecular weight is 260 g/mol. The van der Waals surface area contributed by atoms with E-state index in [2.05, 4.69) is 5.32 Å². The summed E-state index contributed by atoms with van der Waals surface area (Å²) >= 11 is 0. The molecular weight excluding hydrogens is 240 g/mol. The minimum Gasteiger partial charge on any atom is -0.479 e. The number of carboxylic acid groups (broad SMARTS) is 1. The van der Waals surface area contributed by atoms with Gasteiger partial charge in [0.05, 0.1) is 12.6 Å². The molecule has 0 heterocycles. The number of rotatable bonds is 7. The van der Waals surface area contributed by atoms with Crippen LogP contribution in [-0.2, 0) is 19.1 Å². The van der Waals surface area contributed by atoms with E-state index in [4.69, 9.17) is 9.84 Å². The van der Waals surface area contributed by atoms with E-state index in [1.807, 2.05) is 0 Å². The molecule has 0 fully saturated rings. The van der Waals surface area contributed by atoms with Crippen LogP contribution in [0.4, 0.5) is 0 Å². The maximum Gasteiger partial charge on any atom is 0.340 e. The highest BCUT2D eigenvalue weighted by atomic mass is 16.5. The van der Waals surface area contributed by atoms with Crippen LogP contribution in [0.15, 0.2) is 0 Å². The third-order valence-corrected chi connectivity index (χ3v) is 2.14. The molecule has 7 nitrogen and oxygen atoms in total. The summed E-state index contributed by atoms with van der Waals surface area (Å²) < 4.78 is 4.88. The molecule has 0 aromatic heterocycles. The summed E-state index contributed by atoms with van der Waals surface area (Å²) in [6, 6.07) is -1.66. The van der Waals surface area contributed by atoms with E-state index in [0.29, 0.717) is 6.42 Å². The average Bonchev–Trinajstić information content (AvgIpc) is 2.23. The van der Waals surface area contributed by atoms with Crippen LogP contribution >= 0.6 is 0 Å². The number of hydrogen-bond acceptors (Lipinski definition) is 5. The van der Waals surface area contributed by atoms with E-state index < -0.39 is 23.9 Å². The number of nitrogens with zero attached hydrogens (tertiary/aromatic N) is 1. The number of amides is 1. The summed E-state index contributed by atoms with van der Waals surface area (Å²) in [4.78, 5) is 35.4. The number of carboxylic acids is 1. The molecule has 0 radical (unpaired) electrons. The van der Waals surface area contributed by atoms with Gasteiger partial charge in [-0.05, 0) is 27.4 Å². The first-order chi connectivity index (χ1) is 8.27. The van der Waals surface area contributed by atoms with Gasteiger partial charge in [0.2, 0.25) is 11.9 Å². The zero-order valence-electron chi connectivity index (χ0n) is 11.1. The van der Waals surface area contributed by atoms with Crippen LogP contribution in [0.2, 0.25) is 0 Å². The van der Waals surface area contributed by atoms with Gasteiger partial charge in [-0.1, -0.05) is 6.92 Å². The Morgan fingerprint density at radius 1 is 1.33 bits per heavy atom. The Labute approximate surface area is 106 Å². The van der Waals surface area contributed by atoms with Gasteiger partial charge in [-0.3, -0.25) is 4.79 Å². The quantitative estimate of drug-likeness (QED) is 0.471. The van der Waals surface area contributed by atoms with Crippen molar-refractivity contribution in [3.05, 3.63) is 0 Å². The van der Waals surface area contributed by atoms with Crippen LogP contribution < -0.4 is 5.32 Å². The fraction of sp³-hybridized carbons (Fsp3) is 0.727. The summed E-state index contributed by atoms with van der Waals surface area (Å²) in [5, 5.41) is 11.0. The van der Waals surface area contributed by atoms with Gasteiger partial charge in [-0.25, -0.2) is 9.59 Å². The second-order valence-corrected chi connectivity index (χ2v) is 4.23. The van der Waals surface area contributed by atoms with Gasteiger partial charge in [0, 0.05) is 0 Å². The highest BCUT2D eigenvalue weighted by Crippen LogP contribution is 2.00. The lowest BCUT2D eigenvalue weighted by Crippen LogP contribution is -2.50. The highest BCUT2D eigenvalue weighted by molar-refractivity contribution is 6.01. The predicted molar refractivity (Wildman–Crippen MR) is 64.0 cm³/mol. The van der Waals surface area contributed by atoms with Crippen LogP contribution in [0, 0.1) is 0 Å². The van der Waals surface area contributed by atoms with Crippen LogP contribution in [0.3, 0.4) is 0 Å². The van der Waals surface area contributed by atoms with Crippen LogP contribution in [-0.4, -0.2) is 60.6 Å². The summed E-state index contributed by atoms with van der Waals surface area (Å²) in [5.41, 5.74) is 0. The maximum atomic E-state index is 11.5. The van der Waals surface area contributed by atoms with E-state index >= 15 is 0 Å². The minimum atomic E-state index is -1.66. The standard InChI is InChI=1S/C11H20N2O5/c1-5-7(2)18-11(17)9(10(15)16)12-8(14)6-13(3)4/h7,9H,5-6H2,1-4H3,(H,12,14)(H,15,16). The lowest BCUT2D eigenvalue weighted by Gasteiger charge is -2.18. The number of carbonyl (C=O) groups excluding carboxylic acids is 2. The Balaban J connectivity index is 4.52. The van der Waals surface area contributed by atoms with Gasteiger partial charge in [0.1, 0.15) is 0 Å². The van der Waals surface area contributed by atoms with Gasteiger partial charge in [0.25, 0.3) is 0 Å². The van der Waals surface area contributed by atoms with Crippen molar-refractivity contribution in [2.45, 2.75) is 32.4 Å². The summed E-state index contributed by atoms with van der Waals surface area (Å²) in [5.74, 6) is -2.94. The first-order valence-electron chi connectivity index (χ1n) is 5.65. The van der Waals surface area contributed by atoms with Crippen LogP contribution in [0.5, 0.6) is 0 Å². The van der Waals surface area contributed by atoms with E-state index in [9.17, 15) is 14.4 Å². The Hall–Kier alpha value is -1.63. The Kier molecular flexibility index (Phi) is 6.96. The molecule has 0 aliphatic carbocycles. The number of aliphatic carboxylic acids is 1. The second kappa shape index (κ2) is 7.65. The van der Waals surface area contributed by atoms with Crippen molar-refractivity contribution in [1.29, 1.82) is 0 Å². The molecule has 104 valence electrons. The molecule has 0 saturated carbocycles. The zero-order valence-corrected chi connectivity index (χ0v) is 11.1. The van der Waals surface area contributed by atoms with Gasteiger partial charge >= 0.3 is 11.9 Å². The van der Waals surface area contributed by atoms with Gasteiger partial charge in [-0.15, -0.1) is 0 Å². The van der Waals surface area contributed by atoms with Crippen molar-refractivity contribution in [2.24, 2.45) is 0 Å². The number of esters is 1. The maximum absolute atomic E-state index is 11.5. The van der Waals surface area contributed by atoms with E-state index in [1.54, 1.807) is 32.8 Å². The van der Waals surface area contributed by atoms with Crippen molar-refractivity contribution in [1.82, 2.24) is 10.2 Å². The predicted octanol–water partition coefficient (Wildman–Crippen LogP) is -0.541. The number of ether oxygens (including phenoxy) is 1. The van der Waals surface area contributed by atoms with Crippen molar-refractivity contribution in [3.63, 3.8) is 0 Å². The minimum absolute atomic E-state index is 0.000388. The molecule has 0 aromatic carbocycles. The molecule has 1 amide bonds. The summed E-state index contributed by atoms with van der Waals surface area (Å²) in [6.45, 7) is 3.46. The normalized spacial score (nSPS) is 13.8. The van der Waals surface area contributed by atoms with E-state index in [0.717, 1.165) is 0 Å². The van der Waals surface area contributed by atoms with Crippen molar-refractivity contribution >= 4 is 17.8 Å². The molecule has 0 bridgehead atoms. The molecule has 2 unspecified atom stereocenters. The van der Waals surface area contributed by atoms with Crippen molar-refractivity contribution in [3.8, 4) is 0 Å². The highest BCUT2D eigenvalue weighted by Gasteiger charge is 2.30. The topological polar surface area (TPSA) is 95.9 Å². The molecule has 7 heteroatoms. The van der Waals surface area contributed by atoms with Gasteiger partial charge < -0.3 is 20.1 Å². The van der Waals surface area contributed by atoms with Gasteiger partial charge in [-0.2, -0.15) is 0 Å². The van der Waals surface area contributed by atoms with Crippen molar-refractivity contribution < 1.29 is 24.2 Å². The van der Waals surface area contributed by atoms with Crippen LogP contribution in [0.1, 0.15) is 20.3 Å². The molecule has 0 saturated heterocycles. The van der Waals surface area contributed by atoms with Crippen LogP contribution in [0.25, 0.3) is 0 Å². The summed E-state index contributed by atoms with van der Waals surface area (Å²) in [6.07, 6.45) is 0.189. The largest absolute Gasteiger partial charge is 0.479 e. The number of nitrogens with one attached hydrogen (secondary N) is 1. The molecule has 2 N–H and O–H groups in total. The molecule has 0 aromatic rings. The molecule has 2 atom stereocenters. The first-order valence-corrected chi connectivity index (χ1v) is 5.65. The van der Waals surface area contributed by atoms with E-state index in [-0.39, 0.29) is 12.6 Å². The smallest absolute Gasteiger partial charge is 0.340 e. The van der Waals surface area contributed by atoms with Gasteiger partial charge in [0.15, 0.2) is 0 Å². The Morgan fingerprint density at radius 2 is 1.89 bits per heavy atom. The number of carbonyl (C=O) groups is 3. The van der Waals surface area contributed by atoms with E-state index in [1.165, 1.54) is 0 Å². The molecule has 18 heavy (non-hydrogen) atoms. The molecule has 0 aliphatic heterocycles. The number of likely N-dealkylation sites (N-methyl/N-ethyl adjacent to an activating group) is 1. The molecule has 0 aliphatic rings. The van der Waals surface area contributed by atoms with Crippen molar-refractivity contribution in [2.75, 3.05) is 20.6 Å². The monoisotopic (exact) mass is 260 g/mol. The third-order valence-electron chi connectivity index (χ3n) is 2.14. The lowest BCUT2D eigenvalue weighted by atomic mass is 10.2. The first kappa shape index (κ1) is 16.4. The number of hydrogen-bond donors (Lipinski definition) is 2. The Morgan fingerprint density at radius 3 is 2.28 bits per heavy atom. The SMILES string of the molecule is CCC(C)OC(=O)C(NC(=O)CN(C)C)C(=O)O. The molecule has 0 spiro atoms. The fourth-order valence-corrected chi connectivity index (χ4v) is 1.06. The summed E-state index contributed by atoms with van der Waals surface area (Å²) in [7, 11) is 3.32. The lowest BCUT2D eigenvalue weighted by molar-refractivity contribution is -0.160. The fourth-order valence-electron chi connectivity index (χ4n) is 1.06. The third kappa shape index (κ3) is 6.19. The molecular formula is C11H20N2O5.